The van der Waals surface area contributed by atoms with Crippen LogP contribution in [0.2, 0.25) is 0 Å². The van der Waals surface area contributed by atoms with E-state index in [0.29, 0.717) is 13.1 Å². The molecule has 1 fully saturated rings. The summed E-state index contributed by atoms with van der Waals surface area (Å²) in [7, 11) is 0. The van der Waals surface area contributed by atoms with Gasteiger partial charge in [-0.1, -0.05) is 13.8 Å². The summed E-state index contributed by atoms with van der Waals surface area (Å²) in [5.74, 6) is 0.0117. The second-order valence-corrected chi connectivity index (χ2v) is 8.63. The molecule has 10 heteroatoms. The minimum absolute atomic E-state index is 0.0117. The zero-order chi connectivity index (χ0) is 14.5. The highest BCUT2D eigenvalue weighted by molar-refractivity contribution is 8.56. The number of rotatable bonds is 7. The number of hydrogen-bond donors (Lipinski definition) is 1. The van der Waals surface area contributed by atoms with Crippen LogP contribution in [0.4, 0.5) is 0 Å². The summed E-state index contributed by atoms with van der Waals surface area (Å²) in [4.78, 5) is 10.5. The highest BCUT2D eigenvalue weighted by atomic mass is 32.7. The van der Waals surface area contributed by atoms with Crippen LogP contribution in [0.3, 0.4) is 0 Å². The lowest BCUT2D eigenvalue weighted by Crippen LogP contribution is -2.29. The lowest BCUT2D eigenvalue weighted by molar-refractivity contribution is -0.485. The van der Waals surface area contributed by atoms with E-state index in [4.69, 9.17) is 4.52 Å². The molecular weight excluding hydrogens is 291 g/mol. The Labute approximate surface area is 116 Å². The van der Waals surface area contributed by atoms with Gasteiger partial charge < -0.3 is 9.84 Å². The van der Waals surface area contributed by atoms with Gasteiger partial charge in [0.2, 0.25) is 0 Å². The molecule has 1 aliphatic heterocycles. The molecule has 19 heavy (non-hydrogen) atoms. The van der Waals surface area contributed by atoms with Gasteiger partial charge in [-0.25, -0.2) is 10.1 Å². The summed E-state index contributed by atoms with van der Waals surface area (Å²) >= 11 is 1.22. The van der Waals surface area contributed by atoms with Crippen LogP contribution in [0.1, 0.15) is 27.2 Å². The molecule has 1 N–H and O–H groups in total. The van der Waals surface area contributed by atoms with Crippen LogP contribution in [0, 0.1) is 10.1 Å². The third kappa shape index (κ3) is 4.36. The van der Waals surface area contributed by atoms with Crippen LogP contribution >= 0.6 is 18.1 Å². The summed E-state index contributed by atoms with van der Waals surface area (Å²) in [6.45, 7) is 3.61. The van der Waals surface area contributed by atoms with Crippen molar-refractivity contribution in [3.8, 4) is 0 Å². The largest absolute Gasteiger partial charge is 0.356 e. The van der Waals surface area contributed by atoms with E-state index in [1.807, 2.05) is 13.8 Å². The smallest absolute Gasteiger partial charge is 0.349 e. The molecule has 1 heterocycles. The number of nitro groups is 1. The molecule has 0 spiro atoms. The van der Waals surface area contributed by atoms with Gasteiger partial charge in [0.15, 0.2) is 5.03 Å². The molecule has 8 nitrogen and oxygen atoms in total. The van der Waals surface area contributed by atoms with Crippen LogP contribution in [0.25, 0.3) is 0 Å². The molecule has 0 saturated carbocycles. The molecule has 0 aromatic carbocycles. The van der Waals surface area contributed by atoms with Crippen LogP contribution in [0.15, 0.2) is 5.10 Å². The Hall–Kier alpha value is -0.790. The second kappa shape index (κ2) is 7.12. The standard InChI is InChI=1S/C9H19N4O4PS/c1-4-8(3)19-18(16,17-5-2)12-7-6-10-9(12)11-13(14)15/h8H,4-7H2,1-3H3,(H,10,11). The van der Waals surface area contributed by atoms with Gasteiger partial charge in [0, 0.05) is 18.3 Å². The third-order valence-electron chi connectivity index (χ3n) is 2.50. The summed E-state index contributed by atoms with van der Waals surface area (Å²) in [6.07, 6.45) is 0.838. The van der Waals surface area contributed by atoms with Crippen molar-refractivity contribution in [2.24, 2.45) is 5.10 Å². The zero-order valence-corrected chi connectivity index (χ0v) is 12.9. The monoisotopic (exact) mass is 310 g/mol. The Morgan fingerprint density at radius 3 is 2.89 bits per heavy atom. The average Bonchev–Trinajstić information content (AvgIpc) is 2.77. The first-order valence-electron chi connectivity index (χ1n) is 6.10. The molecule has 0 aromatic heterocycles. The highest BCUT2D eigenvalue weighted by Crippen LogP contribution is 2.64. The Balaban J connectivity index is 2.97. The Morgan fingerprint density at radius 1 is 1.68 bits per heavy atom. The molecular formula is C9H19N4O4PS. The van der Waals surface area contributed by atoms with E-state index in [2.05, 4.69) is 10.4 Å². The van der Waals surface area contributed by atoms with Crippen molar-refractivity contribution >= 4 is 24.1 Å². The Bertz CT molecular complexity index is 406. The van der Waals surface area contributed by atoms with Crippen molar-refractivity contribution in [1.29, 1.82) is 0 Å². The first-order valence-corrected chi connectivity index (χ1v) is 9.17. The topological polar surface area (TPSA) is 97.1 Å². The van der Waals surface area contributed by atoms with Crippen molar-refractivity contribution in [3.63, 3.8) is 0 Å². The molecule has 2 atom stereocenters. The third-order valence-corrected chi connectivity index (χ3v) is 7.81. The molecule has 0 amide bonds. The summed E-state index contributed by atoms with van der Waals surface area (Å²) < 4.78 is 19.7. The van der Waals surface area contributed by atoms with Gasteiger partial charge in [-0.05, 0) is 24.7 Å². The lowest BCUT2D eigenvalue weighted by atomic mass is 10.4. The van der Waals surface area contributed by atoms with Crippen LogP contribution in [-0.2, 0) is 9.09 Å². The minimum Gasteiger partial charge on any atom is -0.349 e. The van der Waals surface area contributed by atoms with Crippen molar-refractivity contribution in [1.82, 2.24) is 9.99 Å². The molecule has 1 aliphatic rings. The van der Waals surface area contributed by atoms with Gasteiger partial charge >= 0.3 is 6.72 Å². The van der Waals surface area contributed by atoms with E-state index in [1.54, 1.807) is 6.92 Å². The minimum atomic E-state index is -3.20. The Kier molecular flexibility index (Phi) is 6.09. The lowest BCUT2D eigenvalue weighted by Gasteiger charge is -2.27. The first-order chi connectivity index (χ1) is 8.92. The maximum absolute atomic E-state index is 12.9. The number of nitrogens with one attached hydrogen (secondary N) is 1. The fourth-order valence-electron chi connectivity index (χ4n) is 1.50. The van der Waals surface area contributed by atoms with E-state index in [1.165, 1.54) is 16.1 Å². The van der Waals surface area contributed by atoms with Crippen LogP contribution < -0.4 is 5.32 Å². The van der Waals surface area contributed by atoms with Gasteiger partial charge in [-0.15, -0.1) is 0 Å². The van der Waals surface area contributed by atoms with Crippen LogP contribution in [0.5, 0.6) is 0 Å². The molecule has 0 bridgehead atoms. The van der Waals surface area contributed by atoms with Gasteiger partial charge in [0.25, 0.3) is 5.96 Å². The van der Waals surface area contributed by atoms with Crippen molar-refractivity contribution in [2.75, 3.05) is 19.7 Å². The zero-order valence-electron chi connectivity index (χ0n) is 11.2. The van der Waals surface area contributed by atoms with E-state index in [0.717, 1.165) is 6.42 Å². The van der Waals surface area contributed by atoms with Crippen molar-refractivity contribution < 1.29 is 14.1 Å². The van der Waals surface area contributed by atoms with Crippen molar-refractivity contribution in [3.05, 3.63) is 10.1 Å². The molecule has 110 valence electrons. The SMILES string of the molecule is CCOP(=O)(SC(C)CC)N1CCN/C1=N/[N+](=O)[O-]. The molecule has 1 rings (SSSR count). The fourth-order valence-corrected chi connectivity index (χ4v) is 6.56. The van der Waals surface area contributed by atoms with Crippen LogP contribution in [-0.4, -0.2) is 40.6 Å². The first kappa shape index (κ1) is 16.3. The predicted molar refractivity (Wildman–Crippen MR) is 75.7 cm³/mol. The second-order valence-electron chi connectivity index (χ2n) is 3.92. The molecule has 0 radical (unpaired) electrons. The molecule has 1 saturated heterocycles. The van der Waals surface area contributed by atoms with E-state index >= 15 is 0 Å². The Morgan fingerprint density at radius 2 is 2.37 bits per heavy atom. The van der Waals surface area contributed by atoms with Gasteiger partial charge in [0.05, 0.1) is 6.61 Å². The molecule has 0 aromatic rings. The average molecular weight is 310 g/mol. The summed E-state index contributed by atoms with van der Waals surface area (Å²) in [5, 5.41) is 15.8. The maximum atomic E-state index is 12.9. The normalized spacial score (nSPS) is 22.1. The number of guanidine groups is 1. The fraction of sp³-hybridized carbons (Fsp3) is 0.889. The summed E-state index contributed by atoms with van der Waals surface area (Å²) in [5.41, 5.74) is 0. The number of nitrogens with zero attached hydrogens (tertiary/aromatic N) is 3. The van der Waals surface area contributed by atoms with Gasteiger partial charge in [-0.2, -0.15) is 0 Å². The van der Waals surface area contributed by atoms with Gasteiger partial charge in [0.1, 0.15) is 5.10 Å². The number of hydrogen-bond acceptors (Lipinski definition) is 5. The maximum Gasteiger partial charge on any atom is 0.356 e. The van der Waals surface area contributed by atoms with Crippen molar-refractivity contribution in [2.45, 2.75) is 32.4 Å². The van der Waals surface area contributed by atoms with E-state index in [-0.39, 0.29) is 17.8 Å². The van der Waals surface area contributed by atoms with E-state index in [9.17, 15) is 14.7 Å². The highest BCUT2D eigenvalue weighted by Gasteiger charge is 2.40. The van der Waals surface area contributed by atoms with E-state index < -0.39 is 11.8 Å². The summed E-state index contributed by atoms with van der Waals surface area (Å²) in [6, 6.07) is 0. The predicted octanol–water partition coefficient (Wildman–Crippen LogP) is 2.12. The quantitative estimate of drug-likeness (QED) is 0.437. The number of hydrazone groups is 1. The molecule has 0 aliphatic carbocycles. The molecule has 2 unspecified atom stereocenters. The van der Waals surface area contributed by atoms with Gasteiger partial charge in [-0.3, -0.25) is 9.24 Å².